The SMILES string of the molecule is COc1ccc(CCNC(=O)c2cccc(N3CCCC3=O)c2)cc1OC. The molecule has 1 fully saturated rings. The summed E-state index contributed by atoms with van der Waals surface area (Å²) in [5.41, 5.74) is 2.38. The van der Waals surface area contributed by atoms with Crippen molar-refractivity contribution in [3.63, 3.8) is 0 Å². The summed E-state index contributed by atoms with van der Waals surface area (Å²) in [5.74, 6) is 1.31. The highest BCUT2D eigenvalue weighted by Crippen LogP contribution is 2.27. The van der Waals surface area contributed by atoms with Crippen LogP contribution in [0.5, 0.6) is 11.5 Å². The third-order valence-electron chi connectivity index (χ3n) is 4.64. The van der Waals surface area contributed by atoms with E-state index in [2.05, 4.69) is 5.32 Å². The summed E-state index contributed by atoms with van der Waals surface area (Å²) in [6.07, 6.45) is 2.11. The van der Waals surface area contributed by atoms with Crippen molar-refractivity contribution >= 4 is 17.5 Å². The number of nitrogens with one attached hydrogen (secondary N) is 1. The molecule has 6 heteroatoms. The van der Waals surface area contributed by atoms with Crippen LogP contribution in [0, 0.1) is 0 Å². The number of benzene rings is 2. The van der Waals surface area contributed by atoms with Crippen molar-refractivity contribution in [2.24, 2.45) is 0 Å². The number of amides is 2. The van der Waals surface area contributed by atoms with Crippen molar-refractivity contribution in [3.05, 3.63) is 53.6 Å². The Balaban J connectivity index is 1.59. The third-order valence-corrected chi connectivity index (χ3v) is 4.64. The van der Waals surface area contributed by atoms with Crippen LogP contribution in [-0.2, 0) is 11.2 Å². The Morgan fingerprint density at radius 2 is 1.93 bits per heavy atom. The lowest BCUT2D eigenvalue weighted by Crippen LogP contribution is -2.27. The van der Waals surface area contributed by atoms with Crippen LogP contribution in [0.15, 0.2) is 42.5 Å². The minimum absolute atomic E-state index is 0.112. The highest BCUT2D eigenvalue weighted by molar-refractivity contribution is 5.99. The average molecular weight is 368 g/mol. The summed E-state index contributed by atoms with van der Waals surface area (Å²) in [6, 6.07) is 12.9. The molecule has 6 nitrogen and oxygen atoms in total. The second kappa shape index (κ2) is 8.58. The Morgan fingerprint density at radius 3 is 2.63 bits per heavy atom. The van der Waals surface area contributed by atoms with E-state index >= 15 is 0 Å². The zero-order chi connectivity index (χ0) is 19.2. The molecule has 0 spiro atoms. The number of nitrogens with zero attached hydrogens (tertiary/aromatic N) is 1. The maximum Gasteiger partial charge on any atom is 0.251 e. The molecule has 1 N–H and O–H groups in total. The van der Waals surface area contributed by atoms with E-state index in [9.17, 15) is 9.59 Å². The highest BCUT2D eigenvalue weighted by Gasteiger charge is 2.22. The van der Waals surface area contributed by atoms with Crippen molar-refractivity contribution in [2.75, 3.05) is 32.2 Å². The van der Waals surface area contributed by atoms with Gasteiger partial charge < -0.3 is 19.7 Å². The van der Waals surface area contributed by atoms with Gasteiger partial charge in [0.05, 0.1) is 14.2 Å². The molecule has 142 valence electrons. The molecule has 0 atom stereocenters. The molecule has 2 aromatic carbocycles. The van der Waals surface area contributed by atoms with Gasteiger partial charge in [0.1, 0.15) is 0 Å². The summed E-state index contributed by atoms with van der Waals surface area (Å²) < 4.78 is 10.5. The molecular formula is C21H24N2O4. The Bertz CT molecular complexity index is 835. The Hall–Kier alpha value is -3.02. The van der Waals surface area contributed by atoms with Crippen molar-refractivity contribution < 1.29 is 19.1 Å². The Labute approximate surface area is 159 Å². The fraction of sp³-hybridized carbons (Fsp3) is 0.333. The van der Waals surface area contributed by atoms with Gasteiger partial charge in [-0.3, -0.25) is 9.59 Å². The maximum absolute atomic E-state index is 12.4. The van der Waals surface area contributed by atoms with Gasteiger partial charge in [-0.05, 0) is 48.7 Å². The first-order valence-electron chi connectivity index (χ1n) is 9.02. The van der Waals surface area contributed by atoms with E-state index in [4.69, 9.17) is 9.47 Å². The van der Waals surface area contributed by atoms with Gasteiger partial charge in [0.25, 0.3) is 5.91 Å². The smallest absolute Gasteiger partial charge is 0.251 e. The van der Waals surface area contributed by atoms with Crippen LogP contribution in [-0.4, -0.2) is 39.1 Å². The van der Waals surface area contributed by atoms with E-state index in [1.807, 2.05) is 30.3 Å². The van der Waals surface area contributed by atoms with Crippen molar-refractivity contribution in [1.29, 1.82) is 0 Å². The summed E-state index contributed by atoms with van der Waals surface area (Å²) in [7, 11) is 3.20. The quantitative estimate of drug-likeness (QED) is 0.816. The summed E-state index contributed by atoms with van der Waals surface area (Å²) >= 11 is 0. The third kappa shape index (κ3) is 4.39. The number of methoxy groups -OCH3 is 2. The van der Waals surface area contributed by atoms with Gasteiger partial charge in [-0.25, -0.2) is 0 Å². The number of hydrogen-bond donors (Lipinski definition) is 1. The first-order chi connectivity index (χ1) is 13.1. The molecule has 2 aromatic rings. The molecule has 3 rings (SSSR count). The first-order valence-corrected chi connectivity index (χ1v) is 9.02. The lowest BCUT2D eigenvalue weighted by Gasteiger charge is -2.16. The van der Waals surface area contributed by atoms with Crippen LogP contribution in [0.1, 0.15) is 28.8 Å². The van der Waals surface area contributed by atoms with Gasteiger partial charge >= 0.3 is 0 Å². The second-order valence-electron chi connectivity index (χ2n) is 6.39. The van der Waals surface area contributed by atoms with Crippen molar-refractivity contribution in [2.45, 2.75) is 19.3 Å². The van der Waals surface area contributed by atoms with Crippen molar-refractivity contribution in [3.8, 4) is 11.5 Å². The molecule has 27 heavy (non-hydrogen) atoms. The van der Waals surface area contributed by atoms with Gasteiger partial charge in [-0.2, -0.15) is 0 Å². The zero-order valence-electron chi connectivity index (χ0n) is 15.7. The topological polar surface area (TPSA) is 67.9 Å². The molecule has 1 aliphatic heterocycles. The van der Waals surface area contributed by atoms with E-state index in [1.165, 1.54) is 0 Å². The summed E-state index contributed by atoms with van der Waals surface area (Å²) in [5, 5.41) is 2.93. The molecule has 0 unspecified atom stereocenters. The van der Waals surface area contributed by atoms with Gasteiger partial charge in [-0.1, -0.05) is 12.1 Å². The number of anilines is 1. The van der Waals surface area contributed by atoms with Gasteiger partial charge in [0.2, 0.25) is 5.91 Å². The molecule has 0 aliphatic carbocycles. The minimum Gasteiger partial charge on any atom is -0.493 e. The van der Waals surface area contributed by atoms with E-state index in [0.717, 1.165) is 17.7 Å². The molecule has 0 bridgehead atoms. The minimum atomic E-state index is -0.149. The number of ether oxygens (including phenoxy) is 2. The fourth-order valence-corrected chi connectivity index (χ4v) is 3.19. The standard InChI is InChI=1S/C21H24N2O4/c1-26-18-9-8-15(13-19(18)27-2)10-11-22-21(25)16-5-3-6-17(14-16)23-12-4-7-20(23)24/h3,5-6,8-9,13-14H,4,7,10-12H2,1-2H3,(H,22,25). The average Bonchev–Trinajstić information content (AvgIpc) is 3.13. The number of hydrogen-bond acceptors (Lipinski definition) is 4. The maximum atomic E-state index is 12.4. The van der Waals surface area contributed by atoms with Gasteiger partial charge in [0.15, 0.2) is 11.5 Å². The molecule has 1 saturated heterocycles. The highest BCUT2D eigenvalue weighted by atomic mass is 16.5. The van der Waals surface area contributed by atoms with E-state index in [1.54, 1.807) is 31.3 Å². The van der Waals surface area contributed by atoms with Crippen molar-refractivity contribution in [1.82, 2.24) is 5.32 Å². The van der Waals surface area contributed by atoms with E-state index < -0.39 is 0 Å². The Morgan fingerprint density at radius 1 is 1.11 bits per heavy atom. The van der Waals surface area contributed by atoms with Crippen LogP contribution < -0.4 is 19.7 Å². The van der Waals surface area contributed by atoms with E-state index in [0.29, 0.717) is 43.0 Å². The fourth-order valence-electron chi connectivity index (χ4n) is 3.19. The number of carbonyl (C=O) groups is 2. The molecule has 2 amide bonds. The van der Waals surface area contributed by atoms with Crippen LogP contribution in [0.2, 0.25) is 0 Å². The van der Waals surface area contributed by atoms with Crippen LogP contribution >= 0.6 is 0 Å². The molecule has 1 aliphatic rings. The summed E-state index contributed by atoms with van der Waals surface area (Å²) in [4.78, 5) is 26.1. The van der Waals surface area contributed by atoms with Crippen LogP contribution in [0.3, 0.4) is 0 Å². The molecule has 0 aromatic heterocycles. The largest absolute Gasteiger partial charge is 0.493 e. The van der Waals surface area contributed by atoms with Crippen LogP contribution in [0.25, 0.3) is 0 Å². The summed E-state index contributed by atoms with van der Waals surface area (Å²) in [6.45, 7) is 1.21. The van der Waals surface area contributed by atoms with Gasteiger partial charge in [-0.15, -0.1) is 0 Å². The predicted octanol–water partition coefficient (Wildman–Crippen LogP) is 2.80. The molecule has 0 saturated carbocycles. The Kier molecular flexibility index (Phi) is 5.96. The number of carbonyl (C=O) groups excluding carboxylic acids is 2. The van der Waals surface area contributed by atoms with Gasteiger partial charge in [0, 0.05) is 30.8 Å². The molecule has 1 heterocycles. The molecular weight excluding hydrogens is 344 g/mol. The predicted molar refractivity (Wildman–Crippen MR) is 104 cm³/mol. The zero-order valence-corrected chi connectivity index (χ0v) is 15.7. The lowest BCUT2D eigenvalue weighted by molar-refractivity contribution is -0.117. The number of rotatable bonds is 7. The monoisotopic (exact) mass is 368 g/mol. The molecule has 0 radical (unpaired) electrons. The first kappa shape index (κ1) is 18.8. The second-order valence-corrected chi connectivity index (χ2v) is 6.39. The lowest BCUT2D eigenvalue weighted by atomic mass is 10.1. The normalized spacial score (nSPS) is 13.6. The van der Waals surface area contributed by atoms with E-state index in [-0.39, 0.29) is 11.8 Å². The van der Waals surface area contributed by atoms with Crippen LogP contribution in [0.4, 0.5) is 5.69 Å².